The number of nitrogens with one attached hydrogen (secondary N) is 1. The SMILES string of the molecule is O=C(NC[C@@H]1CC[C@H](O)C1)c1cccc(Br)c1F. The van der Waals surface area contributed by atoms with Gasteiger partial charge in [0.1, 0.15) is 5.82 Å². The summed E-state index contributed by atoms with van der Waals surface area (Å²) >= 11 is 3.05. The maximum Gasteiger partial charge on any atom is 0.254 e. The highest BCUT2D eigenvalue weighted by Crippen LogP contribution is 2.25. The summed E-state index contributed by atoms with van der Waals surface area (Å²) in [5.41, 5.74) is 0.0444. The maximum atomic E-state index is 13.7. The fraction of sp³-hybridized carbons (Fsp3) is 0.462. The first-order chi connectivity index (χ1) is 8.58. The number of benzene rings is 1. The molecule has 1 aliphatic rings. The van der Waals surface area contributed by atoms with Crippen molar-refractivity contribution in [2.75, 3.05) is 6.54 Å². The summed E-state index contributed by atoms with van der Waals surface area (Å²) < 4.78 is 14.0. The number of rotatable bonds is 3. The van der Waals surface area contributed by atoms with E-state index in [1.807, 2.05) is 0 Å². The highest BCUT2D eigenvalue weighted by atomic mass is 79.9. The number of hydrogen-bond acceptors (Lipinski definition) is 2. The van der Waals surface area contributed by atoms with Gasteiger partial charge in [-0.1, -0.05) is 6.07 Å². The molecule has 1 aliphatic carbocycles. The highest BCUT2D eigenvalue weighted by Gasteiger charge is 2.23. The number of amides is 1. The van der Waals surface area contributed by atoms with E-state index in [1.165, 1.54) is 6.07 Å². The molecule has 5 heteroatoms. The van der Waals surface area contributed by atoms with Gasteiger partial charge in [-0.3, -0.25) is 4.79 Å². The van der Waals surface area contributed by atoms with Crippen molar-refractivity contribution in [3.05, 3.63) is 34.1 Å². The van der Waals surface area contributed by atoms with Gasteiger partial charge in [0.05, 0.1) is 16.1 Å². The summed E-state index contributed by atoms with van der Waals surface area (Å²) in [5.74, 6) is -0.657. The molecule has 1 amide bonds. The van der Waals surface area contributed by atoms with E-state index in [4.69, 9.17) is 0 Å². The molecule has 0 bridgehead atoms. The van der Waals surface area contributed by atoms with Gasteiger partial charge < -0.3 is 10.4 Å². The molecule has 0 spiro atoms. The lowest BCUT2D eigenvalue weighted by molar-refractivity contribution is 0.0941. The van der Waals surface area contributed by atoms with Gasteiger partial charge in [-0.25, -0.2) is 4.39 Å². The smallest absolute Gasteiger partial charge is 0.254 e. The van der Waals surface area contributed by atoms with E-state index in [0.717, 1.165) is 12.8 Å². The molecule has 1 aromatic carbocycles. The maximum absolute atomic E-state index is 13.7. The van der Waals surface area contributed by atoms with E-state index >= 15 is 0 Å². The lowest BCUT2D eigenvalue weighted by Crippen LogP contribution is -2.29. The summed E-state index contributed by atoms with van der Waals surface area (Å²) in [6.07, 6.45) is 2.14. The van der Waals surface area contributed by atoms with Crippen molar-refractivity contribution in [2.24, 2.45) is 5.92 Å². The van der Waals surface area contributed by atoms with E-state index in [0.29, 0.717) is 18.9 Å². The molecule has 0 aromatic heterocycles. The second-order valence-electron chi connectivity index (χ2n) is 4.64. The van der Waals surface area contributed by atoms with E-state index < -0.39 is 11.7 Å². The van der Waals surface area contributed by atoms with Crippen LogP contribution in [0.15, 0.2) is 22.7 Å². The predicted molar refractivity (Wildman–Crippen MR) is 69.8 cm³/mol. The average Bonchev–Trinajstić information content (AvgIpc) is 2.76. The molecule has 2 N–H and O–H groups in total. The van der Waals surface area contributed by atoms with Crippen LogP contribution in [0, 0.1) is 11.7 Å². The monoisotopic (exact) mass is 315 g/mol. The second kappa shape index (κ2) is 5.80. The molecule has 2 rings (SSSR count). The van der Waals surface area contributed by atoms with Crippen LogP contribution in [0.25, 0.3) is 0 Å². The Kier molecular flexibility index (Phi) is 4.35. The minimum Gasteiger partial charge on any atom is -0.393 e. The molecular formula is C13H15BrFNO2. The van der Waals surface area contributed by atoms with Crippen LogP contribution < -0.4 is 5.32 Å². The highest BCUT2D eigenvalue weighted by molar-refractivity contribution is 9.10. The molecule has 1 fully saturated rings. The topological polar surface area (TPSA) is 49.3 Å². The Morgan fingerprint density at radius 1 is 1.50 bits per heavy atom. The van der Waals surface area contributed by atoms with Gasteiger partial charge >= 0.3 is 0 Å². The Bertz CT molecular complexity index is 453. The zero-order valence-electron chi connectivity index (χ0n) is 9.83. The largest absolute Gasteiger partial charge is 0.393 e. The zero-order valence-corrected chi connectivity index (χ0v) is 11.4. The van der Waals surface area contributed by atoms with E-state index in [2.05, 4.69) is 21.2 Å². The summed E-state index contributed by atoms with van der Waals surface area (Å²) in [6.45, 7) is 0.488. The van der Waals surface area contributed by atoms with E-state index in [1.54, 1.807) is 12.1 Å². The van der Waals surface area contributed by atoms with Crippen LogP contribution in [-0.4, -0.2) is 23.7 Å². The molecule has 3 nitrogen and oxygen atoms in total. The number of aliphatic hydroxyl groups excluding tert-OH is 1. The number of halogens is 2. The van der Waals surface area contributed by atoms with Gasteiger partial charge in [0.25, 0.3) is 5.91 Å². The van der Waals surface area contributed by atoms with Crippen LogP contribution in [0.4, 0.5) is 4.39 Å². The van der Waals surface area contributed by atoms with Gasteiger partial charge in [0.15, 0.2) is 0 Å². The van der Waals surface area contributed by atoms with Crippen molar-refractivity contribution in [1.82, 2.24) is 5.32 Å². The summed E-state index contributed by atoms with van der Waals surface area (Å²) in [4.78, 5) is 11.8. The lowest BCUT2D eigenvalue weighted by Gasteiger charge is -2.11. The molecule has 0 saturated heterocycles. The molecule has 0 unspecified atom stereocenters. The summed E-state index contributed by atoms with van der Waals surface area (Å²) in [5, 5.41) is 12.1. The van der Waals surface area contributed by atoms with Crippen molar-refractivity contribution < 1.29 is 14.3 Å². The lowest BCUT2D eigenvalue weighted by atomic mass is 10.1. The third-order valence-corrected chi connectivity index (χ3v) is 3.87. The van der Waals surface area contributed by atoms with Crippen molar-refractivity contribution in [2.45, 2.75) is 25.4 Å². The molecule has 2 atom stereocenters. The molecule has 0 radical (unpaired) electrons. The minimum absolute atomic E-state index is 0.0444. The van der Waals surface area contributed by atoms with Crippen molar-refractivity contribution >= 4 is 21.8 Å². The normalized spacial score (nSPS) is 23.1. The van der Waals surface area contributed by atoms with Crippen LogP contribution in [0.1, 0.15) is 29.6 Å². The molecule has 98 valence electrons. The molecule has 1 aromatic rings. The average molecular weight is 316 g/mol. The predicted octanol–water partition coefficient (Wildman–Crippen LogP) is 2.48. The van der Waals surface area contributed by atoms with E-state index in [-0.39, 0.29) is 16.1 Å². The third kappa shape index (κ3) is 3.09. The summed E-state index contributed by atoms with van der Waals surface area (Å²) in [6, 6.07) is 4.64. The first-order valence-corrected chi connectivity index (χ1v) is 6.77. The van der Waals surface area contributed by atoms with Crippen molar-refractivity contribution in [3.63, 3.8) is 0 Å². The first-order valence-electron chi connectivity index (χ1n) is 5.98. The Labute approximate surface area is 114 Å². The first kappa shape index (κ1) is 13.5. The fourth-order valence-corrected chi connectivity index (χ4v) is 2.61. The Balaban J connectivity index is 1.94. The number of hydrogen-bond donors (Lipinski definition) is 2. The van der Waals surface area contributed by atoms with Crippen molar-refractivity contribution in [1.29, 1.82) is 0 Å². The molecule has 0 heterocycles. The Hall–Kier alpha value is -0.940. The molecule has 0 aliphatic heterocycles. The zero-order chi connectivity index (χ0) is 13.1. The number of carbonyl (C=O) groups is 1. The third-order valence-electron chi connectivity index (χ3n) is 3.26. The van der Waals surface area contributed by atoms with Gasteiger partial charge in [-0.05, 0) is 53.2 Å². The van der Waals surface area contributed by atoms with Crippen LogP contribution in [0.2, 0.25) is 0 Å². The summed E-state index contributed by atoms with van der Waals surface area (Å²) in [7, 11) is 0. The molecule has 18 heavy (non-hydrogen) atoms. The van der Waals surface area contributed by atoms with E-state index in [9.17, 15) is 14.3 Å². The van der Waals surface area contributed by atoms with Crippen LogP contribution in [0.3, 0.4) is 0 Å². The van der Waals surface area contributed by atoms with Crippen LogP contribution in [-0.2, 0) is 0 Å². The fourth-order valence-electron chi connectivity index (χ4n) is 2.25. The molecule has 1 saturated carbocycles. The van der Waals surface area contributed by atoms with Gasteiger partial charge in [0.2, 0.25) is 0 Å². The minimum atomic E-state index is -0.540. The quantitative estimate of drug-likeness (QED) is 0.900. The van der Waals surface area contributed by atoms with Gasteiger partial charge in [-0.15, -0.1) is 0 Å². The van der Waals surface area contributed by atoms with Crippen LogP contribution in [0.5, 0.6) is 0 Å². The number of carbonyl (C=O) groups excluding carboxylic acids is 1. The Morgan fingerprint density at radius 2 is 2.28 bits per heavy atom. The van der Waals surface area contributed by atoms with Gasteiger partial charge in [-0.2, -0.15) is 0 Å². The molecular weight excluding hydrogens is 301 g/mol. The van der Waals surface area contributed by atoms with Gasteiger partial charge in [0, 0.05) is 6.54 Å². The standard InChI is InChI=1S/C13H15BrFNO2/c14-11-3-1-2-10(12(11)15)13(18)16-7-8-4-5-9(17)6-8/h1-3,8-9,17H,4-7H2,(H,16,18)/t8-,9+/m1/s1. The van der Waals surface area contributed by atoms with Crippen LogP contribution >= 0.6 is 15.9 Å². The number of aliphatic hydroxyl groups is 1. The second-order valence-corrected chi connectivity index (χ2v) is 5.50. The Morgan fingerprint density at radius 3 is 2.94 bits per heavy atom. The van der Waals surface area contributed by atoms with Crippen molar-refractivity contribution in [3.8, 4) is 0 Å².